The van der Waals surface area contributed by atoms with Crippen molar-refractivity contribution in [3.8, 4) is 5.82 Å². The van der Waals surface area contributed by atoms with E-state index in [1.807, 2.05) is 48.9 Å². The number of hydrogen-bond donors (Lipinski definition) is 1. The summed E-state index contributed by atoms with van der Waals surface area (Å²) in [4.78, 5) is 18.9. The van der Waals surface area contributed by atoms with Gasteiger partial charge in [0.1, 0.15) is 0 Å². The lowest BCUT2D eigenvalue weighted by Crippen LogP contribution is -2.04. The van der Waals surface area contributed by atoms with Gasteiger partial charge in [0.15, 0.2) is 5.82 Å². The fourth-order valence-corrected chi connectivity index (χ4v) is 4.03. The Labute approximate surface area is 181 Å². The summed E-state index contributed by atoms with van der Waals surface area (Å²) in [5, 5.41) is 12.5. The highest BCUT2D eigenvalue weighted by atomic mass is 35.5. The first kappa shape index (κ1) is 20.0. The van der Waals surface area contributed by atoms with Gasteiger partial charge in [-0.1, -0.05) is 35.6 Å². The number of halogens is 1. The van der Waals surface area contributed by atoms with Gasteiger partial charge in [-0.2, -0.15) is 5.10 Å². The van der Waals surface area contributed by atoms with Crippen LogP contribution in [0.4, 0.5) is 0 Å². The summed E-state index contributed by atoms with van der Waals surface area (Å²) < 4.78 is 4.49. The first-order valence-corrected chi connectivity index (χ1v) is 9.95. The number of hydrogen-bond acceptors (Lipinski definition) is 6. The first-order chi connectivity index (χ1) is 14.2. The highest BCUT2D eigenvalue weighted by Gasteiger charge is 2.14. The Morgan fingerprint density at radius 3 is 2.83 bits per heavy atom. The van der Waals surface area contributed by atoms with Crippen LogP contribution in [0, 0.1) is 0 Å². The number of nitrogens with one attached hydrogen (secondary N) is 1. The van der Waals surface area contributed by atoms with Crippen molar-refractivity contribution in [2.24, 2.45) is 0 Å². The molecule has 0 bridgehead atoms. The molecule has 152 valence electrons. The minimum Gasteiger partial charge on any atom is -0.312 e. The van der Waals surface area contributed by atoms with Crippen LogP contribution in [0.5, 0.6) is 0 Å². The van der Waals surface area contributed by atoms with Gasteiger partial charge in [0.2, 0.25) is 0 Å². The highest BCUT2D eigenvalue weighted by Crippen LogP contribution is 2.26. The van der Waals surface area contributed by atoms with E-state index in [4.69, 9.17) is 5.10 Å². The zero-order chi connectivity index (χ0) is 19.8. The van der Waals surface area contributed by atoms with Crippen molar-refractivity contribution < 1.29 is 0 Å². The molecule has 10 heteroatoms. The Bertz CT molecular complexity index is 1320. The number of fused-ring (bicyclic) bond motifs is 1. The standard InChI is InChI=1S/C20H17N7OS.ClH/c1-13(15-3-4-17-18(10-15)29-20(28)23-17)16-6-8-27(24-16)19-5-2-14(11-21-19)12-26-9-7-22-25-26;/h2-11,13H,12H2,1H3,(H,23,28);1H. The molecule has 5 aromatic rings. The third kappa shape index (κ3) is 3.89. The molecule has 0 radical (unpaired) electrons. The molecule has 4 heterocycles. The summed E-state index contributed by atoms with van der Waals surface area (Å²) in [5.41, 5.74) is 3.98. The Kier molecular flexibility index (Phi) is 5.47. The fraction of sp³-hybridized carbons (Fsp3) is 0.150. The van der Waals surface area contributed by atoms with Gasteiger partial charge in [-0.25, -0.2) is 14.3 Å². The van der Waals surface area contributed by atoms with Crippen LogP contribution in [-0.2, 0) is 6.54 Å². The average molecular weight is 440 g/mol. The third-order valence-electron chi connectivity index (χ3n) is 4.86. The fourth-order valence-electron chi connectivity index (χ4n) is 3.25. The summed E-state index contributed by atoms with van der Waals surface area (Å²) in [7, 11) is 0. The van der Waals surface area contributed by atoms with Crippen LogP contribution in [0.3, 0.4) is 0 Å². The van der Waals surface area contributed by atoms with Gasteiger partial charge in [-0.15, -0.1) is 17.5 Å². The molecular weight excluding hydrogens is 422 g/mol. The van der Waals surface area contributed by atoms with Crippen molar-refractivity contribution in [2.45, 2.75) is 19.4 Å². The number of pyridine rings is 1. The predicted octanol–water partition coefficient (Wildman–Crippen LogP) is 3.38. The van der Waals surface area contributed by atoms with Crippen LogP contribution in [0.2, 0.25) is 0 Å². The van der Waals surface area contributed by atoms with Crippen LogP contribution in [0.1, 0.15) is 29.7 Å². The summed E-state index contributed by atoms with van der Waals surface area (Å²) in [6, 6.07) is 12.0. The maximum absolute atomic E-state index is 11.5. The van der Waals surface area contributed by atoms with Gasteiger partial charge in [0.05, 0.1) is 28.7 Å². The van der Waals surface area contributed by atoms with Crippen molar-refractivity contribution in [2.75, 3.05) is 0 Å². The van der Waals surface area contributed by atoms with E-state index in [1.165, 1.54) is 11.3 Å². The highest BCUT2D eigenvalue weighted by molar-refractivity contribution is 7.16. The number of thiazole rings is 1. The molecule has 4 aromatic heterocycles. The molecule has 1 unspecified atom stereocenters. The normalized spacial score (nSPS) is 12.0. The van der Waals surface area contributed by atoms with E-state index < -0.39 is 0 Å². The molecule has 0 aliphatic rings. The number of benzene rings is 1. The lowest BCUT2D eigenvalue weighted by atomic mass is 9.98. The van der Waals surface area contributed by atoms with Gasteiger partial charge >= 0.3 is 4.87 Å². The average Bonchev–Trinajstić information content (AvgIpc) is 3.47. The Balaban J connectivity index is 0.00000218. The Morgan fingerprint density at radius 2 is 2.07 bits per heavy atom. The van der Waals surface area contributed by atoms with Crippen molar-refractivity contribution in [1.29, 1.82) is 0 Å². The second-order valence-electron chi connectivity index (χ2n) is 6.80. The zero-order valence-electron chi connectivity index (χ0n) is 16.0. The number of H-pyrrole nitrogens is 1. The largest absolute Gasteiger partial charge is 0.312 e. The van der Waals surface area contributed by atoms with Gasteiger partial charge in [-0.05, 0) is 35.4 Å². The summed E-state index contributed by atoms with van der Waals surface area (Å²) in [6.45, 7) is 2.74. The van der Waals surface area contributed by atoms with Crippen molar-refractivity contribution in [3.05, 3.63) is 87.7 Å². The van der Waals surface area contributed by atoms with Crippen LogP contribution >= 0.6 is 23.7 Å². The van der Waals surface area contributed by atoms with E-state index >= 15 is 0 Å². The van der Waals surface area contributed by atoms with Crippen molar-refractivity contribution in [3.63, 3.8) is 0 Å². The molecule has 1 atom stereocenters. The van der Waals surface area contributed by atoms with Crippen LogP contribution in [-0.4, -0.2) is 34.7 Å². The molecule has 8 nitrogen and oxygen atoms in total. The quantitative estimate of drug-likeness (QED) is 0.453. The Hall–Kier alpha value is -3.30. The van der Waals surface area contributed by atoms with E-state index in [0.717, 1.165) is 32.9 Å². The minimum atomic E-state index is -0.0348. The van der Waals surface area contributed by atoms with Gasteiger partial charge < -0.3 is 4.98 Å². The Morgan fingerprint density at radius 1 is 1.17 bits per heavy atom. The zero-order valence-corrected chi connectivity index (χ0v) is 17.6. The molecule has 1 N–H and O–H groups in total. The summed E-state index contributed by atoms with van der Waals surface area (Å²) in [5.74, 6) is 0.856. The lowest BCUT2D eigenvalue weighted by Gasteiger charge is -2.09. The molecule has 0 aliphatic carbocycles. The van der Waals surface area contributed by atoms with E-state index in [1.54, 1.807) is 15.6 Å². The molecule has 5 rings (SSSR count). The minimum absolute atomic E-state index is 0. The topological polar surface area (TPSA) is 94.3 Å². The number of nitrogens with zero attached hydrogens (tertiary/aromatic N) is 6. The maximum atomic E-state index is 11.5. The first-order valence-electron chi connectivity index (χ1n) is 9.13. The molecule has 30 heavy (non-hydrogen) atoms. The lowest BCUT2D eigenvalue weighted by molar-refractivity contribution is 0.647. The van der Waals surface area contributed by atoms with E-state index in [-0.39, 0.29) is 23.2 Å². The molecule has 1 aromatic carbocycles. The van der Waals surface area contributed by atoms with Gasteiger partial charge in [0, 0.05) is 24.5 Å². The second kappa shape index (κ2) is 8.21. The third-order valence-corrected chi connectivity index (χ3v) is 5.70. The number of aromatic nitrogens is 7. The summed E-state index contributed by atoms with van der Waals surface area (Å²) in [6.07, 6.45) is 7.21. The molecule has 0 saturated heterocycles. The van der Waals surface area contributed by atoms with Gasteiger partial charge in [-0.3, -0.25) is 4.79 Å². The smallest absolute Gasteiger partial charge is 0.305 e. The van der Waals surface area contributed by atoms with E-state index in [2.05, 4.69) is 33.3 Å². The second-order valence-corrected chi connectivity index (χ2v) is 7.82. The summed E-state index contributed by atoms with van der Waals surface area (Å²) >= 11 is 1.23. The van der Waals surface area contributed by atoms with Crippen molar-refractivity contribution >= 4 is 34.0 Å². The molecule has 0 saturated carbocycles. The monoisotopic (exact) mass is 439 g/mol. The predicted molar refractivity (Wildman–Crippen MR) is 118 cm³/mol. The number of aromatic amines is 1. The van der Waals surface area contributed by atoms with E-state index in [9.17, 15) is 4.79 Å². The van der Waals surface area contributed by atoms with Gasteiger partial charge in [0.25, 0.3) is 0 Å². The number of rotatable bonds is 5. The van der Waals surface area contributed by atoms with Crippen LogP contribution in [0.25, 0.3) is 16.0 Å². The molecular formula is C20H18ClN7OS. The molecule has 0 fully saturated rings. The van der Waals surface area contributed by atoms with Crippen LogP contribution in [0.15, 0.2) is 66.0 Å². The maximum Gasteiger partial charge on any atom is 0.305 e. The van der Waals surface area contributed by atoms with Crippen LogP contribution < -0.4 is 4.87 Å². The van der Waals surface area contributed by atoms with Crippen molar-refractivity contribution in [1.82, 2.24) is 34.7 Å². The molecule has 0 amide bonds. The molecule has 0 aliphatic heterocycles. The molecule has 0 spiro atoms. The van der Waals surface area contributed by atoms with E-state index in [0.29, 0.717) is 6.54 Å². The SMILES string of the molecule is CC(c1ccc2[nH]c(=O)sc2c1)c1ccn(-c2ccc(Cn3ccnn3)cn2)n1.Cl.